The van der Waals surface area contributed by atoms with Crippen molar-refractivity contribution in [2.45, 2.75) is 19.9 Å². The van der Waals surface area contributed by atoms with Crippen LogP contribution in [-0.2, 0) is 4.79 Å². The molecule has 0 radical (unpaired) electrons. The molecule has 0 aromatic carbocycles. The fraction of sp³-hybridized carbons (Fsp3) is 0.583. The van der Waals surface area contributed by atoms with E-state index in [9.17, 15) is 4.79 Å². The molecule has 18 heavy (non-hydrogen) atoms. The van der Waals surface area contributed by atoms with Crippen LogP contribution in [0.2, 0.25) is 0 Å². The summed E-state index contributed by atoms with van der Waals surface area (Å²) in [4.78, 5) is 23.5. The predicted octanol–water partition coefficient (Wildman–Crippen LogP) is 0.380. The maximum atomic E-state index is 10.9. The number of aromatic nitrogens is 2. The fourth-order valence-electron chi connectivity index (χ4n) is 2.01. The molecule has 0 bridgehead atoms. The normalized spacial score (nSPS) is 18.7. The van der Waals surface area contributed by atoms with Crippen molar-refractivity contribution in [1.29, 1.82) is 0 Å². The smallest absolute Gasteiger partial charge is 0.320 e. The molecule has 1 aromatic heterocycles. The summed E-state index contributed by atoms with van der Waals surface area (Å²) >= 11 is 0. The fourth-order valence-corrected chi connectivity index (χ4v) is 2.01. The second kappa shape index (κ2) is 5.30. The predicted molar refractivity (Wildman–Crippen MR) is 67.7 cm³/mol. The number of aryl methyl sites for hydroxylation is 1. The molecule has 0 spiro atoms. The number of hydrogen-bond acceptors (Lipinski definition) is 5. The summed E-state index contributed by atoms with van der Waals surface area (Å²) < 4.78 is 0. The van der Waals surface area contributed by atoms with Crippen LogP contribution < -0.4 is 4.90 Å². The average molecular weight is 250 g/mol. The monoisotopic (exact) mass is 250 g/mol. The number of carboxylic acid groups (broad SMARTS) is 1. The first-order valence-corrected chi connectivity index (χ1v) is 6.08. The Morgan fingerprint density at radius 3 is 2.33 bits per heavy atom. The Labute approximate surface area is 106 Å². The van der Waals surface area contributed by atoms with Crippen molar-refractivity contribution >= 4 is 11.9 Å². The third-order valence-electron chi connectivity index (χ3n) is 3.27. The Kier molecular flexibility index (Phi) is 3.76. The number of rotatable bonds is 3. The van der Waals surface area contributed by atoms with Gasteiger partial charge in [-0.1, -0.05) is 0 Å². The summed E-state index contributed by atoms with van der Waals surface area (Å²) in [5.41, 5.74) is 1.04. The molecule has 1 fully saturated rings. The molecule has 2 rings (SSSR count). The molecular weight excluding hydrogens is 232 g/mol. The van der Waals surface area contributed by atoms with E-state index in [0.717, 1.165) is 37.7 Å². The SMILES string of the molecule is Cc1cnc(N2CCN(C(C)C(=O)O)CC2)nc1. The molecule has 1 saturated heterocycles. The van der Waals surface area contributed by atoms with Gasteiger partial charge in [-0.15, -0.1) is 0 Å². The van der Waals surface area contributed by atoms with Gasteiger partial charge in [0.05, 0.1) is 0 Å². The molecule has 0 aliphatic carbocycles. The zero-order valence-corrected chi connectivity index (χ0v) is 10.7. The Balaban J connectivity index is 1.94. The van der Waals surface area contributed by atoms with Crippen molar-refractivity contribution < 1.29 is 9.90 Å². The average Bonchev–Trinajstić information content (AvgIpc) is 2.39. The first kappa shape index (κ1) is 12.8. The van der Waals surface area contributed by atoms with Crippen LogP contribution in [0.1, 0.15) is 12.5 Å². The maximum absolute atomic E-state index is 10.9. The van der Waals surface area contributed by atoms with Crippen molar-refractivity contribution in [2.24, 2.45) is 0 Å². The molecule has 1 N–H and O–H groups in total. The van der Waals surface area contributed by atoms with Gasteiger partial charge in [0.15, 0.2) is 0 Å². The van der Waals surface area contributed by atoms with E-state index in [1.165, 1.54) is 0 Å². The maximum Gasteiger partial charge on any atom is 0.320 e. The van der Waals surface area contributed by atoms with Gasteiger partial charge in [-0.3, -0.25) is 9.69 Å². The van der Waals surface area contributed by atoms with Crippen molar-refractivity contribution in [3.8, 4) is 0 Å². The van der Waals surface area contributed by atoms with Crippen LogP contribution >= 0.6 is 0 Å². The molecular formula is C12H18N4O2. The first-order chi connectivity index (χ1) is 8.58. The molecule has 1 aromatic rings. The third kappa shape index (κ3) is 2.76. The zero-order chi connectivity index (χ0) is 13.1. The van der Waals surface area contributed by atoms with Crippen molar-refractivity contribution in [1.82, 2.24) is 14.9 Å². The largest absolute Gasteiger partial charge is 0.480 e. The van der Waals surface area contributed by atoms with Gasteiger partial charge in [-0.25, -0.2) is 9.97 Å². The van der Waals surface area contributed by atoms with Crippen LogP contribution in [0.25, 0.3) is 0 Å². The van der Waals surface area contributed by atoms with Crippen LogP contribution in [-0.4, -0.2) is 58.2 Å². The van der Waals surface area contributed by atoms with Gasteiger partial charge in [0, 0.05) is 38.6 Å². The Hall–Kier alpha value is -1.69. The van der Waals surface area contributed by atoms with E-state index >= 15 is 0 Å². The lowest BCUT2D eigenvalue weighted by Gasteiger charge is -2.36. The highest BCUT2D eigenvalue weighted by molar-refractivity contribution is 5.72. The Bertz CT molecular complexity index is 413. The molecule has 1 aliphatic heterocycles. The van der Waals surface area contributed by atoms with Crippen molar-refractivity contribution in [3.05, 3.63) is 18.0 Å². The quantitative estimate of drug-likeness (QED) is 0.836. The molecule has 98 valence electrons. The van der Waals surface area contributed by atoms with Crippen LogP contribution in [0, 0.1) is 6.92 Å². The van der Waals surface area contributed by atoms with Crippen LogP contribution in [0.5, 0.6) is 0 Å². The number of piperazine rings is 1. The molecule has 6 nitrogen and oxygen atoms in total. The van der Waals surface area contributed by atoms with Gasteiger partial charge < -0.3 is 10.0 Å². The Morgan fingerprint density at radius 1 is 1.28 bits per heavy atom. The summed E-state index contributed by atoms with van der Waals surface area (Å²) in [7, 11) is 0. The lowest BCUT2D eigenvalue weighted by Crippen LogP contribution is -2.52. The van der Waals surface area contributed by atoms with E-state index in [0.29, 0.717) is 0 Å². The van der Waals surface area contributed by atoms with Gasteiger partial charge in [-0.05, 0) is 19.4 Å². The first-order valence-electron chi connectivity index (χ1n) is 6.08. The lowest BCUT2D eigenvalue weighted by molar-refractivity contribution is -0.142. The van der Waals surface area contributed by atoms with Gasteiger partial charge in [0.1, 0.15) is 6.04 Å². The van der Waals surface area contributed by atoms with Gasteiger partial charge in [-0.2, -0.15) is 0 Å². The number of nitrogens with zero attached hydrogens (tertiary/aromatic N) is 4. The van der Waals surface area contributed by atoms with Crippen LogP contribution in [0.15, 0.2) is 12.4 Å². The van der Waals surface area contributed by atoms with E-state index < -0.39 is 12.0 Å². The molecule has 1 atom stereocenters. The highest BCUT2D eigenvalue weighted by Gasteiger charge is 2.25. The number of aliphatic carboxylic acids is 1. The highest BCUT2D eigenvalue weighted by Crippen LogP contribution is 2.12. The summed E-state index contributed by atoms with van der Waals surface area (Å²) in [6.45, 7) is 6.66. The van der Waals surface area contributed by atoms with Gasteiger partial charge >= 0.3 is 5.97 Å². The summed E-state index contributed by atoms with van der Waals surface area (Å²) in [6, 6.07) is -0.425. The molecule has 1 unspecified atom stereocenters. The Morgan fingerprint density at radius 2 is 1.83 bits per heavy atom. The molecule has 6 heteroatoms. The standard InChI is InChI=1S/C12H18N4O2/c1-9-7-13-12(14-8-9)16-5-3-15(4-6-16)10(2)11(17)18/h7-8,10H,3-6H2,1-2H3,(H,17,18). The van der Waals surface area contributed by atoms with E-state index in [-0.39, 0.29) is 0 Å². The minimum atomic E-state index is -0.768. The minimum Gasteiger partial charge on any atom is -0.480 e. The molecule has 1 aliphatic rings. The van der Waals surface area contributed by atoms with Crippen molar-refractivity contribution in [2.75, 3.05) is 31.1 Å². The zero-order valence-electron chi connectivity index (χ0n) is 10.7. The highest BCUT2D eigenvalue weighted by atomic mass is 16.4. The second-order valence-electron chi connectivity index (χ2n) is 4.60. The summed E-state index contributed by atoms with van der Waals surface area (Å²) in [6.07, 6.45) is 3.60. The van der Waals surface area contributed by atoms with E-state index in [4.69, 9.17) is 5.11 Å². The number of anilines is 1. The lowest BCUT2D eigenvalue weighted by atomic mass is 10.2. The van der Waals surface area contributed by atoms with Gasteiger partial charge in [0.25, 0.3) is 0 Å². The third-order valence-corrected chi connectivity index (χ3v) is 3.27. The van der Waals surface area contributed by atoms with E-state index in [2.05, 4.69) is 14.9 Å². The molecule has 2 heterocycles. The van der Waals surface area contributed by atoms with E-state index in [1.807, 2.05) is 11.8 Å². The number of hydrogen-bond donors (Lipinski definition) is 1. The second-order valence-corrected chi connectivity index (χ2v) is 4.60. The van der Waals surface area contributed by atoms with Crippen LogP contribution in [0.4, 0.5) is 5.95 Å². The number of carbonyl (C=O) groups is 1. The van der Waals surface area contributed by atoms with Gasteiger partial charge in [0.2, 0.25) is 5.95 Å². The van der Waals surface area contributed by atoms with Crippen molar-refractivity contribution in [3.63, 3.8) is 0 Å². The summed E-state index contributed by atoms with van der Waals surface area (Å²) in [5.74, 6) is -0.0433. The van der Waals surface area contributed by atoms with E-state index in [1.54, 1.807) is 19.3 Å². The minimum absolute atomic E-state index is 0.425. The topological polar surface area (TPSA) is 69.6 Å². The molecule has 0 saturated carbocycles. The number of carboxylic acids is 1. The summed E-state index contributed by atoms with van der Waals surface area (Å²) in [5, 5.41) is 8.97. The van der Waals surface area contributed by atoms with Crippen LogP contribution in [0.3, 0.4) is 0 Å². The molecule has 0 amide bonds.